The van der Waals surface area contributed by atoms with Crippen molar-refractivity contribution in [3.8, 4) is 0 Å². The van der Waals surface area contributed by atoms with Gasteiger partial charge >= 0.3 is 5.97 Å². The minimum atomic E-state index is -0.725. The molecule has 1 N–H and O–H groups in total. The van der Waals surface area contributed by atoms with Crippen molar-refractivity contribution < 1.29 is 14.8 Å². The standard InChI is InChI=1S/C15H20N2O4/c1-11(13-2-4-14(5-3-13)17(20)21)16-8-6-12(7-9-16)10-15(18)19/h2-5,11-12H,6-10H2,1H3,(H,18,19). The van der Waals surface area contributed by atoms with Crippen LogP contribution in [0.2, 0.25) is 0 Å². The first-order chi connectivity index (χ1) is 9.97. The summed E-state index contributed by atoms with van der Waals surface area (Å²) in [6.07, 6.45) is 2.03. The first-order valence-corrected chi connectivity index (χ1v) is 7.17. The van der Waals surface area contributed by atoms with Crippen LogP contribution in [0, 0.1) is 16.0 Å². The Labute approximate surface area is 123 Å². The average molecular weight is 292 g/mol. The van der Waals surface area contributed by atoms with Crippen LogP contribution in [0.4, 0.5) is 5.69 Å². The van der Waals surface area contributed by atoms with Crippen molar-refractivity contribution in [2.24, 2.45) is 5.92 Å². The maximum atomic E-state index is 10.7. The number of carbonyl (C=O) groups is 1. The van der Waals surface area contributed by atoms with Crippen LogP contribution in [-0.4, -0.2) is 34.0 Å². The normalized spacial score (nSPS) is 18.3. The van der Waals surface area contributed by atoms with E-state index in [1.54, 1.807) is 12.1 Å². The number of nitro benzene ring substituents is 1. The molecule has 1 saturated heterocycles. The highest BCUT2D eigenvalue weighted by atomic mass is 16.6. The third kappa shape index (κ3) is 4.01. The summed E-state index contributed by atoms with van der Waals surface area (Å²) in [5, 5.41) is 19.5. The smallest absolute Gasteiger partial charge is 0.303 e. The summed E-state index contributed by atoms with van der Waals surface area (Å²) in [7, 11) is 0. The Morgan fingerprint density at radius 3 is 2.43 bits per heavy atom. The molecule has 1 unspecified atom stereocenters. The van der Waals surface area contributed by atoms with Crippen LogP contribution in [0.15, 0.2) is 24.3 Å². The molecule has 1 aliphatic heterocycles. The van der Waals surface area contributed by atoms with Crippen LogP contribution in [-0.2, 0) is 4.79 Å². The molecule has 1 aromatic rings. The predicted octanol–water partition coefficient (Wildman–Crippen LogP) is 2.84. The zero-order chi connectivity index (χ0) is 15.4. The molecular weight excluding hydrogens is 272 g/mol. The molecule has 0 amide bonds. The fraction of sp³-hybridized carbons (Fsp3) is 0.533. The number of rotatable bonds is 5. The van der Waals surface area contributed by atoms with E-state index < -0.39 is 10.9 Å². The number of likely N-dealkylation sites (tertiary alicyclic amines) is 1. The lowest BCUT2D eigenvalue weighted by molar-refractivity contribution is -0.384. The minimum Gasteiger partial charge on any atom is -0.481 e. The number of piperidine rings is 1. The number of benzene rings is 1. The van der Waals surface area contributed by atoms with Gasteiger partial charge in [0.25, 0.3) is 5.69 Å². The molecule has 1 atom stereocenters. The van der Waals surface area contributed by atoms with E-state index in [0.29, 0.717) is 0 Å². The van der Waals surface area contributed by atoms with Crippen LogP contribution in [0.1, 0.15) is 37.8 Å². The number of nitrogens with zero attached hydrogens (tertiary/aromatic N) is 2. The summed E-state index contributed by atoms with van der Waals surface area (Å²) in [5.41, 5.74) is 1.16. The summed E-state index contributed by atoms with van der Waals surface area (Å²) < 4.78 is 0. The summed E-state index contributed by atoms with van der Waals surface area (Å²) in [6, 6.07) is 6.85. The molecule has 1 aliphatic rings. The zero-order valence-corrected chi connectivity index (χ0v) is 12.1. The number of aliphatic carboxylic acids is 1. The molecule has 0 spiro atoms. The Kier molecular flexibility index (Phi) is 4.90. The molecule has 114 valence electrons. The van der Waals surface area contributed by atoms with E-state index >= 15 is 0 Å². The Hall–Kier alpha value is -1.95. The van der Waals surface area contributed by atoms with E-state index in [1.807, 2.05) is 0 Å². The van der Waals surface area contributed by atoms with Crippen molar-refractivity contribution in [2.75, 3.05) is 13.1 Å². The number of non-ortho nitro benzene ring substituents is 1. The lowest BCUT2D eigenvalue weighted by Gasteiger charge is -2.35. The monoisotopic (exact) mass is 292 g/mol. The van der Waals surface area contributed by atoms with Gasteiger partial charge in [-0.15, -0.1) is 0 Å². The number of nitro groups is 1. The van der Waals surface area contributed by atoms with Crippen LogP contribution in [0.3, 0.4) is 0 Å². The quantitative estimate of drug-likeness (QED) is 0.666. The van der Waals surface area contributed by atoms with Gasteiger partial charge in [-0.2, -0.15) is 0 Å². The molecular formula is C15H20N2O4. The Morgan fingerprint density at radius 1 is 1.38 bits per heavy atom. The van der Waals surface area contributed by atoms with Crippen LogP contribution >= 0.6 is 0 Å². The van der Waals surface area contributed by atoms with Crippen LogP contribution < -0.4 is 0 Å². The number of carboxylic acids is 1. The van der Waals surface area contributed by atoms with Gasteiger partial charge in [0.2, 0.25) is 0 Å². The summed E-state index contributed by atoms with van der Waals surface area (Å²) in [5.74, 6) is -0.459. The highest BCUT2D eigenvalue weighted by Gasteiger charge is 2.25. The molecule has 6 nitrogen and oxygen atoms in total. The second-order valence-corrected chi connectivity index (χ2v) is 5.60. The van der Waals surface area contributed by atoms with Crippen molar-refractivity contribution in [3.63, 3.8) is 0 Å². The molecule has 21 heavy (non-hydrogen) atoms. The van der Waals surface area contributed by atoms with Gasteiger partial charge < -0.3 is 5.11 Å². The predicted molar refractivity (Wildman–Crippen MR) is 78.1 cm³/mol. The first-order valence-electron chi connectivity index (χ1n) is 7.17. The van der Waals surface area contributed by atoms with Gasteiger partial charge in [-0.05, 0) is 44.3 Å². The van der Waals surface area contributed by atoms with Crippen LogP contribution in [0.5, 0.6) is 0 Å². The van der Waals surface area contributed by atoms with Gasteiger partial charge in [0, 0.05) is 24.6 Å². The molecule has 6 heteroatoms. The molecule has 1 aromatic carbocycles. The summed E-state index contributed by atoms with van der Waals surface area (Å²) in [4.78, 5) is 23.3. The second-order valence-electron chi connectivity index (χ2n) is 5.60. The maximum Gasteiger partial charge on any atom is 0.303 e. The molecule has 0 aromatic heterocycles. The Balaban J connectivity index is 1.93. The maximum absolute atomic E-state index is 10.7. The molecule has 1 heterocycles. The molecule has 1 fully saturated rings. The average Bonchev–Trinajstić information content (AvgIpc) is 2.47. The van der Waals surface area contributed by atoms with Crippen molar-refractivity contribution in [3.05, 3.63) is 39.9 Å². The fourth-order valence-corrected chi connectivity index (χ4v) is 2.88. The minimum absolute atomic E-state index is 0.103. The van der Waals surface area contributed by atoms with Crippen molar-refractivity contribution >= 4 is 11.7 Å². The third-order valence-electron chi connectivity index (χ3n) is 4.25. The largest absolute Gasteiger partial charge is 0.481 e. The molecule has 0 radical (unpaired) electrons. The third-order valence-corrected chi connectivity index (χ3v) is 4.25. The van der Waals surface area contributed by atoms with E-state index in [-0.39, 0.29) is 24.1 Å². The van der Waals surface area contributed by atoms with Crippen molar-refractivity contribution in [1.29, 1.82) is 0 Å². The molecule has 0 aliphatic carbocycles. The lowest BCUT2D eigenvalue weighted by atomic mass is 9.92. The molecule has 0 bridgehead atoms. The van der Waals surface area contributed by atoms with Crippen LogP contribution in [0.25, 0.3) is 0 Å². The number of hydrogen-bond donors (Lipinski definition) is 1. The van der Waals surface area contributed by atoms with Gasteiger partial charge in [0.05, 0.1) is 4.92 Å². The van der Waals surface area contributed by atoms with Crippen molar-refractivity contribution in [2.45, 2.75) is 32.2 Å². The molecule has 0 saturated carbocycles. The summed E-state index contributed by atoms with van der Waals surface area (Å²) in [6.45, 7) is 3.82. The highest BCUT2D eigenvalue weighted by Crippen LogP contribution is 2.28. The van der Waals surface area contributed by atoms with E-state index in [4.69, 9.17) is 5.11 Å². The SMILES string of the molecule is CC(c1ccc([N+](=O)[O-])cc1)N1CCC(CC(=O)O)CC1. The Morgan fingerprint density at radius 2 is 1.95 bits per heavy atom. The first kappa shape index (κ1) is 15.4. The molecule has 2 rings (SSSR count). The van der Waals surface area contributed by atoms with E-state index in [0.717, 1.165) is 31.5 Å². The van der Waals surface area contributed by atoms with E-state index in [2.05, 4.69) is 11.8 Å². The highest BCUT2D eigenvalue weighted by molar-refractivity contribution is 5.67. The zero-order valence-electron chi connectivity index (χ0n) is 12.1. The van der Waals surface area contributed by atoms with E-state index in [1.165, 1.54) is 12.1 Å². The van der Waals surface area contributed by atoms with Gasteiger partial charge in [0.1, 0.15) is 0 Å². The number of hydrogen-bond acceptors (Lipinski definition) is 4. The van der Waals surface area contributed by atoms with Gasteiger partial charge in [0.15, 0.2) is 0 Å². The van der Waals surface area contributed by atoms with Gasteiger partial charge in [-0.3, -0.25) is 19.8 Å². The fourth-order valence-electron chi connectivity index (χ4n) is 2.88. The second kappa shape index (κ2) is 6.67. The van der Waals surface area contributed by atoms with Gasteiger partial charge in [-0.25, -0.2) is 0 Å². The van der Waals surface area contributed by atoms with E-state index in [9.17, 15) is 14.9 Å². The number of carboxylic acid groups (broad SMARTS) is 1. The van der Waals surface area contributed by atoms with Crippen molar-refractivity contribution in [1.82, 2.24) is 4.90 Å². The van der Waals surface area contributed by atoms with Gasteiger partial charge in [-0.1, -0.05) is 12.1 Å². The lowest BCUT2D eigenvalue weighted by Crippen LogP contribution is -2.36. The Bertz CT molecular complexity index is 507. The summed E-state index contributed by atoms with van der Waals surface area (Å²) >= 11 is 0. The topological polar surface area (TPSA) is 83.7 Å².